The maximum Gasteiger partial charge on any atom is 0.335 e. The number of methoxy groups -OCH3 is 3. The molecule has 0 saturated carbocycles. The fourth-order valence-corrected chi connectivity index (χ4v) is 3.00. The lowest BCUT2D eigenvalue weighted by molar-refractivity contribution is 0.0696. The fourth-order valence-electron chi connectivity index (χ4n) is 2.37. The van der Waals surface area contributed by atoms with Crippen molar-refractivity contribution in [3.05, 3.63) is 45.4 Å². The summed E-state index contributed by atoms with van der Waals surface area (Å²) in [7, 11) is 4.37. The van der Waals surface area contributed by atoms with Crippen LogP contribution in [0.1, 0.15) is 26.3 Å². The molecule has 2 N–H and O–H groups in total. The van der Waals surface area contributed by atoms with Crippen LogP contribution >= 0.6 is 15.9 Å². The number of carboxylic acids is 1. The van der Waals surface area contributed by atoms with E-state index in [0.29, 0.717) is 27.4 Å². The average Bonchev–Trinajstić information content (AvgIpc) is 2.62. The quantitative estimate of drug-likeness (QED) is 0.734. The standard InChI is InChI=1S/C18H18BrNO6/c1-9-5-6-10(18(22)23)7-12(9)20-17(21)11-8-13(24-2)15(25-3)16(26-4)14(11)19/h5-8H,1-4H3,(H,20,21)(H,22,23). The monoisotopic (exact) mass is 423 g/mol. The molecule has 0 aliphatic rings. The molecule has 0 bridgehead atoms. The minimum absolute atomic E-state index is 0.0786. The molecule has 0 radical (unpaired) electrons. The number of carboxylic acid groups (broad SMARTS) is 1. The van der Waals surface area contributed by atoms with E-state index in [9.17, 15) is 9.59 Å². The van der Waals surface area contributed by atoms with Crippen molar-refractivity contribution in [2.45, 2.75) is 6.92 Å². The van der Waals surface area contributed by atoms with Gasteiger partial charge in [0.1, 0.15) is 0 Å². The van der Waals surface area contributed by atoms with Crippen LogP contribution < -0.4 is 19.5 Å². The molecule has 0 saturated heterocycles. The summed E-state index contributed by atoms with van der Waals surface area (Å²) < 4.78 is 16.2. The molecule has 138 valence electrons. The van der Waals surface area contributed by atoms with Crippen LogP contribution in [0, 0.1) is 6.92 Å². The summed E-state index contributed by atoms with van der Waals surface area (Å²) in [6, 6.07) is 6.02. The van der Waals surface area contributed by atoms with Gasteiger partial charge in [-0.15, -0.1) is 0 Å². The number of ether oxygens (including phenoxy) is 3. The molecule has 0 aromatic heterocycles. The first-order chi connectivity index (χ1) is 12.3. The van der Waals surface area contributed by atoms with Crippen LogP contribution in [0.5, 0.6) is 17.2 Å². The maximum absolute atomic E-state index is 12.8. The third kappa shape index (κ3) is 3.75. The smallest absolute Gasteiger partial charge is 0.335 e. The van der Waals surface area contributed by atoms with Gasteiger partial charge in [0.25, 0.3) is 5.91 Å². The minimum Gasteiger partial charge on any atom is -0.493 e. The Balaban J connectivity index is 2.48. The van der Waals surface area contributed by atoms with Gasteiger partial charge < -0.3 is 24.6 Å². The highest BCUT2D eigenvalue weighted by atomic mass is 79.9. The van der Waals surface area contributed by atoms with Gasteiger partial charge in [-0.25, -0.2) is 4.79 Å². The second-order valence-corrected chi connectivity index (χ2v) is 6.09. The number of amides is 1. The molecule has 0 atom stereocenters. The number of carbonyl (C=O) groups excluding carboxylic acids is 1. The van der Waals surface area contributed by atoms with Crippen LogP contribution in [0.3, 0.4) is 0 Å². The van der Waals surface area contributed by atoms with Crippen LogP contribution in [0.25, 0.3) is 0 Å². The van der Waals surface area contributed by atoms with E-state index in [1.54, 1.807) is 13.0 Å². The summed E-state index contributed by atoms with van der Waals surface area (Å²) in [6.45, 7) is 1.77. The average molecular weight is 424 g/mol. The van der Waals surface area contributed by atoms with Crippen molar-refractivity contribution in [3.63, 3.8) is 0 Å². The number of rotatable bonds is 6. The Bertz CT molecular complexity index is 865. The lowest BCUT2D eigenvalue weighted by atomic mass is 10.1. The van der Waals surface area contributed by atoms with Crippen LogP contribution in [-0.2, 0) is 0 Å². The van der Waals surface area contributed by atoms with Crippen molar-refractivity contribution in [2.24, 2.45) is 0 Å². The SMILES string of the molecule is COc1cc(C(=O)Nc2cc(C(=O)O)ccc2C)c(Br)c(OC)c1OC. The zero-order chi connectivity index (χ0) is 19.4. The second kappa shape index (κ2) is 8.09. The zero-order valence-corrected chi connectivity index (χ0v) is 16.3. The normalized spacial score (nSPS) is 10.2. The first-order valence-electron chi connectivity index (χ1n) is 7.47. The summed E-state index contributed by atoms with van der Waals surface area (Å²) in [5.41, 5.74) is 1.46. The first kappa shape index (κ1) is 19.6. The van der Waals surface area contributed by atoms with Gasteiger partial charge in [0.15, 0.2) is 11.5 Å². The fraction of sp³-hybridized carbons (Fsp3) is 0.222. The van der Waals surface area contributed by atoms with E-state index in [2.05, 4.69) is 21.2 Å². The number of hydrogen-bond acceptors (Lipinski definition) is 5. The number of anilines is 1. The molecule has 0 spiro atoms. The number of benzene rings is 2. The van der Waals surface area contributed by atoms with E-state index >= 15 is 0 Å². The molecule has 7 nitrogen and oxygen atoms in total. The Kier molecular flexibility index (Phi) is 6.10. The van der Waals surface area contributed by atoms with Crippen molar-refractivity contribution in [1.29, 1.82) is 0 Å². The number of nitrogens with one attached hydrogen (secondary N) is 1. The van der Waals surface area contributed by atoms with E-state index in [1.165, 1.54) is 39.5 Å². The maximum atomic E-state index is 12.8. The first-order valence-corrected chi connectivity index (χ1v) is 8.27. The molecule has 0 heterocycles. The van der Waals surface area contributed by atoms with E-state index in [4.69, 9.17) is 19.3 Å². The van der Waals surface area contributed by atoms with E-state index in [0.717, 1.165) is 5.56 Å². The van der Waals surface area contributed by atoms with E-state index in [1.807, 2.05) is 0 Å². The molecule has 0 aliphatic heterocycles. The van der Waals surface area contributed by atoms with Gasteiger partial charge in [0, 0.05) is 5.69 Å². The lowest BCUT2D eigenvalue weighted by Gasteiger charge is -2.17. The third-order valence-electron chi connectivity index (χ3n) is 3.75. The van der Waals surface area contributed by atoms with Crippen molar-refractivity contribution in [3.8, 4) is 17.2 Å². The Morgan fingerprint density at radius 2 is 1.69 bits per heavy atom. The van der Waals surface area contributed by atoms with Gasteiger partial charge in [0.2, 0.25) is 5.75 Å². The van der Waals surface area contributed by atoms with E-state index < -0.39 is 11.9 Å². The van der Waals surface area contributed by atoms with Gasteiger partial charge in [-0.05, 0) is 46.6 Å². The van der Waals surface area contributed by atoms with E-state index in [-0.39, 0.29) is 11.1 Å². The molecule has 2 aromatic carbocycles. The topological polar surface area (TPSA) is 94.1 Å². The lowest BCUT2D eigenvalue weighted by Crippen LogP contribution is -2.15. The number of aryl methyl sites for hydroxylation is 1. The highest BCUT2D eigenvalue weighted by Crippen LogP contribution is 2.44. The number of hydrogen-bond donors (Lipinski definition) is 2. The van der Waals surface area contributed by atoms with Gasteiger partial charge >= 0.3 is 5.97 Å². The van der Waals surface area contributed by atoms with Crippen molar-refractivity contribution in [1.82, 2.24) is 0 Å². The summed E-state index contributed by atoms with van der Waals surface area (Å²) in [5.74, 6) is -0.541. The van der Waals surface area contributed by atoms with Gasteiger partial charge in [0.05, 0.1) is 36.9 Å². The molecule has 26 heavy (non-hydrogen) atoms. The predicted molar refractivity (Wildman–Crippen MR) is 99.9 cm³/mol. The molecule has 1 amide bonds. The van der Waals surface area contributed by atoms with Crippen molar-refractivity contribution < 1.29 is 28.9 Å². The number of halogens is 1. The molecule has 2 aromatic rings. The zero-order valence-electron chi connectivity index (χ0n) is 14.7. The Hall–Kier alpha value is -2.74. The summed E-state index contributed by atoms with van der Waals surface area (Å²) >= 11 is 3.35. The third-order valence-corrected chi connectivity index (χ3v) is 4.53. The van der Waals surface area contributed by atoms with Crippen LogP contribution in [0.2, 0.25) is 0 Å². The van der Waals surface area contributed by atoms with Gasteiger partial charge in [-0.1, -0.05) is 6.07 Å². The Labute approximate surface area is 159 Å². The molecule has 2 rings (SSSR count). The van der Waals surface area contributed by atoms with Gasteiger partial charge in [-0.2, -0.15) is 0 Å². The molecular formula is C18H18BrNO6. The van der Waals surface area contributed by atoms with Crippen LogP contribution in [-0.4, -0.2) is 38.3 Å². The number of aromatic carboxylic acids is 1. The molecule has 8 heteroatoms. The summed E-state index contributed by atoms with van der Waals surface area (Å²) in [6.07, 6.45) is 0. The number of carbonyl (C=O) groups is 2. The van der Waals surface area contributed by atoms with Crippen molar-refractivity contribution in [2.75, 3.05) is 26.6 Å². The van der Waals surface area contributed by atoms with Crippen LogP contribution in [0.4, 0.5) is 5.69 Å². The second-order valence-electron chi connectivity index (χ2n) is 5.30. The predicted octanol–water partition coefficient (Wildman–Crippen LogP) is 3.73. The van der Waals surface area contributed by atoms with Gasteiger partial charge in [-0.3, -0.25) is 4.79 Å². The van der Waals surface area contributed by atoms with Crippen LogP contribution in [0.15, 0.2) is 28.7 Å². The highest BCUT2D eigenvalue weighted by molar-refractivity contribution is 9.10. The summed E-state index contributed by atoms with van der Waals surface area (Å²) in [4.78, 5) is 23.9. The molecule has 0 aliphatic carbocycles. The molecule has 0 unspecified atom stereocenters. The Morgan fingerprint density at radius 3 is 2.23 bits per heavy atom. The molecule has 0 fully saturated rings. The molecular weight excluding hydrogens is 406 g/mol. The minimum atomic E-state index is -1.07. The largest absolute Gasteiger partial charge is 0.493 e. The summed E-state index contributed by atoms with van der Waals surface area (Å²) in [5, 5.41) is 11.8. The van der Waals surface area contributed by atoms with Crippen molar-refractivity contribution >= 4 is 33.5 Å². The Morgan fingerprint density at radius 1 is 1.04 bits per heavy atom. The highest BCUT2D eigenvalue weighted by Gasteiger charge is 2.23.